The molecule has 1 heterocycles. The molecule has 0 bridgehead atoms. The van der Waals surface area contributed by atoms with Gasteiger partial charge in [0.15, 0.2) is 6.39 Å². The van der Waals surface area contributed by atoms with Crippen LogP contribution in [0.25, 0.3) is 0 Å². The SMILES string of the molecule is CCOCCCc1ocnc1CBr. The third-order valence-corrected chi connectivity index (χ3v) is 2.28. The Labute approximate surface area is 86.6 Å². The molecule has 0 aliphatic carbocycles. The Balaban J connectivity index is 2.27. The van der Waals surface area contributed by atoms with Gasteiger partial charge in [-0.1, -0.05) is 15.9 Å². The molecule has 3 nitrogen and oxygen atoms in total. The fraction of sp³-hybridized carbons (Fsp3) is 0.667. The highest BCUT2D eigenvalue weighted by atomic mass is 79.9. The largest absolute Gasteiger partial charge is 0.448 e. The van der Waals surface area contributed by atoms with Gasteiger partial charge in [0.25, 0.3) is 0 Å². The lowest BCUT2D eigenvalue weighted by Gasteiger charge is -1.99. The van der Waals surface area contributed by atoms with Crippen molar-refractivity contribution in [1.29, 1.82) is 0 Å². The van der Waals surface area contributed by atoms with Crippen molar-refractivity contribution >= 4 is 15.9 Å². The van der Waals surface area contributed by atoms with Gasteiger partial charge < -0.3 is 9.15 Å². The van der Waals surface area contributed by atoms with Crippen molar-refractivity contribution in [1.82, 2.24) is 4.98 Å². The third kappa shape index (κ3) is 3.48. The number of rotatable bonds is 6. The first kappa shape index (κ1) is 10.7. The van der Waals surface area contributed by atoms with Crippen LogP contribution in [0.3, 0.4) is 0 Å². The van der Waals surface area contributed by atoms with Gasteiger partial charge in [0.1, 0.15) is 5.76 Å². The van der Waals surface area contributed by atoms with Crippen LogP contribution in [-0.4, -0.2) is 18.2 Å². The number of alkyl halides is 1. The number of oxazole rings is 1. The number of ether oxygens (including phenoxy) is 1. The van der Waals surface area contributed by atoms with E-state index in [1.54, 1.807) is 0 Å². The van der Waals surface area contributed by atoms with Crippen molar-refractivity contribution in [3.05, 3.63) is 17.8 Å². The number of halogens is 1. The molecule has 74 valence electrons. The molecular formula is C9H14BrNO2. The average Bonchev–Trinajstić information content (AvgIpc) is 2.60. The summed E-state index contributed by atoms with van der Waals surface area (Å²) in [5.41, 5.74) is 0.997. The van der Waals surface area contributed by atoms with Gasteiger partial charge in [0.05, 0.1) is 5.69 Å². The van der Waals surface area contributed by atoms with Crippen LogP contribution in [0.2, 0.25) is 0 Å². The molecule has 1 aromatic heterocycles. The molecular weight excluding hydrogens is 234 g/mol. The van der Waals surface area contributed by atoms with Crippen LogP contribution in [-0.2, 0) is 16.5 Å². The van der Waals surface area contributed by atoms with E-state index in [1.165, 1.54) is 6.39 Å². The Kier molecular flexibility index (Phi) is 5.08. The minimum Gasteiger partial charge on any atom is -0.448 e. The number of aryl methyl sites for hydroxylation is 1. The summed E-state index contributed by atoms with van der Waals surface area (Å²) < 4.78 is 10.5. The Morgan fingerprint density at radius 3 is 3.15 bits per heavy atom. The summed E-state index contributed by atoms with van der Waals surface area (Å²) in [5.74, 6) is 0.969. The van der Waals surface area contributed by atoms with E-state index in [9.17, 15) is 0 Å². The van der Waals surface area contributed by atoms with Gasteiger partial charge >= 0.3 is 0 Å². The highest BCUT2D eigenvalue weighted by molar-refractivity contribution is 9.08. The fourth-order valence-corrected chi connectivity index (χ4v) is 1.54. The summed E-state index contributed by atoms with van der Waals surface area (Å²) >= 11 is 3.36. The molecule has 0 amide bonds. The zero-order valence-electron chi connectivity index (χ0n) is 7.75. The first-order valence-corrected chi connectivity index (χ1v) is 5.55. The van der Waals surface area contributed by atoms with E-state index in [-0.39, 0.29) is 0 Å². The van der Waals surface area contributed by atoms with E-state index in [2.05, 4.69) is 20.9 Å². The molecule has 0 unspecified atom stereocenters. The normalized spacial score (nSPS) is 10.6. The molecule has 0 saturated carbocycles. The molecule has 0 spiro atoms. The quantitative estimate of drug-likeness (QED) is 0.573. The fourth-order valence-electron chi connectivity index (χ4n) is 1.08. The molecule has 0 radical (unpaired) electrons. The second kappa shape index (κ2) is 6.16. The maximum Gasteiger partial charge on any atom is 0.181 e. The van der Waals surface area contributed by atoms with Crippen molar-refractivity contribution in [2.75, 3.05) is 13.2 Å². The predicted octanol–water partition coefficient (Wildman–Crippen LogP) is 2.54. The van der Waals surface area contributed by atoms with E-state index in [4.69, 9.17) is 9.15 Å². The van der Waals surface area contributed by atoms with Crippen molar-refractivity contribution < 1.29 is 9.15 Å². The summed E-state index contributed by atoms with van der Waals surface area (Å²) in [6, 6.07) is 0. The number of hydrogen-bond acceptors (Lipinski definition) is 3. The molecule has 0 N–H and O–H groups in total. The summed E-state index contributed by atoms with van der Waals surface area (Å²) in [4.78, 5) is 4.08. The van der Waals surface area contributed by atoms with Crippen LogP contribution < -0.4 is 0 Å². The second-order valence-electron chi connectivity index (χ2n) is 2.66. The van der Waals surface area contributed by atoms with E-state index in [0.29, 0.717) is 0 Å². The van der Waals surface area contributed by atoms with E-state index in [0.717, 1.165) is 42.8 Å². The second-order valence-corrected chi connectivity index (χ2v) is 3.22. The molecule has 0 aliphatic heterocycles. The van der Waals surface area contributed by atoms with E-state index >= 15 is 0 Å². The first-order valence-electron chi connectivity index (χ1n) is 4.43. The molecule has 0 atom stereocenters. The molecule has 0 aromatic carbocycles. The molecule has 1 rings (SSSR count). The van der Waals surface area contributed by atoms with Gasteiger partial charge in [-0.25, -0.2) is 4.98 Å². The van der Waals surface area contributed by atoms with Crippen LogP contribution in [0, 0.1) is 0 Å². The Hall–Kier alpha value is -0.350. The Morgan fingerprint density at radius 1 is 1.62 bits per heavy atom. The van der Waals surface area contributed by atoms with Crippen LogP contribution >= 0.6 is 15.9 Å². The number of hydrogen-bond donors (Lipinski definition) is 0. The highest BCUT2D eigenvalue weighted by Crippen LogP contribution is 2.12. The summed E-state index contributed by atoms with van der Waals surface area (Å²) in [5, 5.41) is 0.757. The maximum atomic E-state index is 5.24. The van der Waals surface area contributed by atoms with E-state index < -0.39 is 0 Å². The topological polar surface area (TPSA) is 35.3 Å². The van der Waals surface area contributed by atoms with Crippen LogP contribution in [0.1, 0.15) is 24.8 Å². The smallest absolute Gasteiger partial charge is 0.181 e. The minimum absolute atomic E-state index is 0.757. The zero-order valence-corrected chi connectivity index (χ0v) is 9.34. The maximum absolute atomic E-state index is 5.24. The van der Waals surface area contributed by atoms with Gasteiger partial charge in [0, 0.05) is 25.0 Å². The van der Waals surface area contributed by atoms with Gasteiger partial charge in [-0.3, -0.25) is 0 Å². The molecule has 13 heavy (non-hydrogen) atoms. The number of aromatic nitrogens is 1. The monoisotopic (exact) mass is 247 g/mol. The van der Waals surface area contributed by atoms with Gasteiger partial charge in [-0.2, -0.15) is 0 Å². The number of nitrogens with zero attached hydrogens (tertiary/aromatic N) is 1. The molecule has 0 fully saturated rings. The zero-order chi connectivity index (χ0) is 9.52. The third-order valence-electron chi connectivity index (χ3n) is 1.75. The van der Waals surface area contributed by atoms with E-state index in [1.807, 2.05) is 6.92 Å². The Morgan fingerprint density at radius 2 is 2.46 bits per heavy atom. The van der Waals surface area contributed by atoms with Crippen LogP contribution in [0.5, 0.6) is 0 Å². The Bertz CT molecular complexity index is 237. The molecule has 1 aromatic rings. The van der Waals surface area contributed by atoms with Crippen molar-refractivity contribution in [3.8, 4) is 0 Å². The molecule has 4 heteroatoms. The average molecular weight is 248 g/mol. The van der Waals surface area contributed by atoms with Gasteiger partial charge in [-0.05, 0) is 13.3 Å². The molecule has 0 aliphatic rings. The standard InChI is InChI=1S/C9H14BrNO2/c1-2-12-5-3-4-9-8(6-10)11-7-13-9/h7H,2-6H2,1H3. The lowest BCUT2D eigenvalue weighted by molar-refractivity contribution is 0.144. The summed E-state index contributed by atoms with van der Waals surface area (Å²) in [6.07, 6.45) is 3.39. The van der Waals surface area contributed by atoms with Gasteiger partial charge in [-0.15, -0.1) is 0 Å². The highest BCUT2D eigenvalue weighted by Gasteiger charge is 2.05. The van der Waals surface area contributed by atoms with Crippen molar-refractivity contribution in [2.45, 2.75) is 25.1 Å². The lowest BCUT2D eigenvalue weighted by atomic mass is 10.2. The molecule has 0 saturated heterocycles. The van der Waals surface area contributed by atoms with Crippen molar-refractivity contribution in [2.24, 2.45) is 0 Å². The van der Waals surface area contributed by atoms with Crippen molar-refractivity contribution in [3.63, 3.8) is 0 Å². The predicted molar refractivity (Wildman–Crippen MR) is 53.9 cm³/mol. The summed E-state index contributed by atoms with van der Waals surface area (Å²) in [7, 11) is 0. The van der Waals surface area contributed by atoms with Crippen LogP contribution in [0.4, 0.5) is 0 Å². The van der Waals surface area contributed by atoms with Gasteiger partial charge in [0.2, 0.25) is 0 Å². The van der Waals surface area contributed by atoms with Crippen LogP contribution in [0.15, 0.2) is 10.8 Å². The minimum atomic E-state index is 0.757. The first-order chi connectivity index (χ1) is 6.38. The lowest BCUT2D eigenvalue weighted by Crippen LogP contribution is -1.96. The summed E-state index contributed by atoms with van der Waals surface area (Å²) in [6.45, 7) is 3.57.